The second-order valence-corrected chi connectivity index (χ2v) is 3.13. The molecule has 1 saturated carbocycles. The van der Waals surface area contributed by atoms with Gasteiger partial charge in [-0.1, -0.05) is 0 Å². The summed E-state index contributed by atoms with van der Waals surface area (Å²) in [6, 6.07) is 0. The molecule has 14 heavy (non-hydrogen) atoms. The van der Waals surface area contributed by atoms with Crippen LogP contribution in [-0.4, -0.2) is 33.7 Å². The van der Waals surface area contributed by atoms with Crippen molar-refractivity contribution in [1.29, 1.82) is 0 Å². The zero-order chi connectivity index (χ0) is 10.9. The molecule has 0 aromatic heterocycles. The van der Waals surface area contributed by atoms with Crippen LogP contribution in [0.3, 0.4) is 0 Å². The van der Waals surface area contributed by atoms with E-state index in [0.29, 0.717) is 0 Å². The van der Waals surface area contributed by atoms with Crippen molar-refractivity contribution in [3.05, 3.63) is 0 Å². The number of carbonyl (C=O) groups is 4. The second-order valence-electron chi connectivity index (χ2n) is 3.13. The molecule has 0 amide bonds. The Morgan fingerprint density at radius 2 is 1.57 bits per heavy atom. The molecule has 6 heteroatoms. The molecule has 1 aliphatic carbocycles. The van der Waals surface area contributed by atoms with Gasteiger partial charge >= 0.3 is 11.9 Å². The van der Waals surface area contributed by atoms with Gasteiger partial charge in [-0.15, -0.1) is 0 Å². The number of Topliss-reactive ketones (excluding diaryl/α,β-unsaturated/α-hetero) is 2. The first kappa shape index (κ1) is 10.4. The molecule has 6 nitrogen and oxygen atoms in total. The number of ketones is 2. The lowest BCUT2D eigenvalue weighted by atomic mass is 9.81. The number of carbonyl (C=O) groups excluding carboxylic acids is 2. The molecule has 0 atom stereocenters. The first-order chi connectivity index (χ1) is 6.41. The topological polar surface area (TPSA) is 109 Å². The minimum absolute atomic E-state index is 0.182. The molecule has 1 rings (SSSR count). The van der Waals surface area contributed by atoms with Crippen LogP contribution in [-0.2, 0) is 19.2 Å². The van der Waals surface area contributed by atoms with Crippen molar-refractivity contribution in [1.82, 2.24) is 0 Å². The molecule has 0 saturated heterocycles. The van der Waals surface area contributed by atoms with Crippen LogP contribution in [0, 0.1) is 5.41 Å². The number of hydrogen-bond acceptors (Lipinski definition) is 4. The monoisotopic (exact) mass is 200 g/mol. The average molecular weight is 200 g/mol. The van der Waals surface area contributed by atoms with Crippen LogP contribution in [0.5, 0.6) is 0 Å². The second kappa shape index (κ2) is 3.21. The third-order valence-electron chi connectivity index (χ3n) is 2.31. The summed E-state index contributed by atoms with van der Waals surface area (Å²) in [5.74, 6) is -4.74. The molecule has 0 spiro atoms. The van der Waals surface area contributed by atoms with E-state index in [9.17, 15) is 19.2 Å². The molecule has 0 heterocycles. The van der Waals surface area contributed by atoms with Crippen LogP contribution in [0.15, 0.2) is 0 Å². The normalized spacial score (nSPS) is 19.7. The van der Waals surface area contributed by atoms with E-state index in [4.69, 9.17) is 10.2 Å². The molecular weight excluding hydrogens is 192 g/mol. The summed E-state index contributed by atoms with van der Waals surface area (Å²) in [5.41, 5.74) is -2.33. The molecule has 0 unspecified atom stereocenters. The van der Waals surface area contributed by atoms with E-state index in [1.165, 1.54) is 0 Å². The largest absolute Gasteiger partial charge is 0.481 e. The quantitative estimate of drug-likeness (QED) is 0.592. The maximum Gasteiger partial charge on any atom is 0.325 e. The molecule has 0 aliphatic heterocycles. The Bertz CT molecular complexity index is 313. The third kappa shape index (κ3) is 1.28. The Hall–Kier alpha value is -1.72. The Balaban J connectivity index is 3.14. The smallest absolute Gasteiger partial charge is 0.325 e. The number of aliphatic carboxylic acids is 2. The summed E-state index contributed by atoms with van der Waals surface area (Å²) >= 11 is 0. The molecule has 0 aromatic rings. The summed E-state index contributed by atoms with van der Waals surface area (Å²) in [6.07, 6.45) is -1.32. The fraction of sp³-hybridized carbons (Fsp3) is 0.500. The van der Waals surface area contributed by atoms with E-state index in [1.54, 1.807) is 0 Å². The van der Waals surface area contributed by atoms with Gasteiger partial charge in [0.15, 0.2) is 17.0 Å². The van der Waals surface area contributed by atoms with Crippen molar-refractivity contribution in [2.75, 3.05) is 0 Å². The maximum atomic E-state index is 11.2. The number of hydrogen-bond donors (Lipinski definition) is 2. The van der Waals surface area contributed by atoms with Crippen molar-refractivity contribution in [3.8, 4) is 0 Å². The molecule has 0 aromatic carbocycles. The maximum absolute atomic E-state index is 11.2. The van der Waals surface area contributed by atoms with Crippen LogP contribution >= 0.6 is 0 Å². The number of rotatable bonds is 3. The van der Waals surface area contributed by atoms with Gasteiger partial charge in [0.25, 0.3) is 0 Å². The molecule has 76 valence electrons. The van der Waals surface area contributed by atoms with Gasteiger partial charge in [-0.05, 0) is 0 Å². The summed E-state index contributed by atoms with van der Waals surface area (Å²) in [5, 5.41) is 17.2. The molecule has 2 N–H and O–H groups in total. The van der Waals surface area contributed by atoms with Crippen molar-refractivity contribution in [2.45, 2.75) is 19.3 Å². The molecule has 0 bridgehead atoms. The third-order valence-corrected chi connectivity index (χ3v) is 2.31. The van der Waals surface area contributed by atoms with Gasteiger partial charge in [-0.3, -0.25) is 19.2 Å². The number of carboxylic acids is 2. The highest BCUT2D eigenvalue weighted by atomic mass is 16.4. The van der Waals surface area contributed by atoms with Crippen LogP contribution in [0.2, 0.25) is 0 Å². The molecule has 0 radical (unpaired) electrons. The van der Waals surface area contributed by atoms with Gasteiger partial charge in [0, 0.05) is 12.8 Å². The van der Waals surface area contributed by atoms with E-state index >= 15 is 0 Å². The summed E-state index contributed by atoms with van der Waals surface area (Å²) in [7, 11) is 0. The van der Waals surface area contributed by atoms with Gasteiger partial charge in [0.05, 0.1) is 6.42 Å². The summed E-state index contributed by atoms with van der Waals surface area (Å²) in [4.78, 5) is 43.6. The zero-order valence-electron chi connectivity index (χ0n) is 7.15. The summed E-state index contributed by atoms with van der Waals surface area (Å²) < 4.78 is 0. The van der Waals surface area contributed by atoms with Crippen LogP contribution in [0.25, 0.3) is 0 Å². The van der Waals surface area contributed by atoms with E-state index in [1.807, 2.05) is 0 Å². The lowest BCUT2D eigenvalue weighted by Gasteiger charge is -2.17. The Labute approximate surface area is 78.5 Å². The molecular formula is C8H8O6. The lowest BCUT2D eigenvalue weighted by molar-refractivity contribution is -0.162. The van der Waals surface area contributed by atoms with Gasteiger partial charge < -0.3 is 10.2 Å². The minimum Gasteiger partial charge on any atom is -0.481 e. The number of carboxylic acid groups (broad SMARTS) is 2. The SMILES string of the molecule is O=C(O)CC1(C(=O)O)C(=O)CCC1=O. The first-order valence-electron chi connectivity index (χ1n) is 3.93. The van der Waals surface area contributed by atoms with E-state index in [0.717, 1.165) is 0 Å². The molecule has 1 aliphatic rings. The summed E-state index contributed by atoms with van der Waals surface area (Å²) in [6.45, 7) is 0. The van der Waals surface area contributed by atoms with Crippen LogP contribution in [0.1, 0.15) is 19.3 Å². The lowest BCUT2D eigenvalue weighted by Crippen LogP contribution is -2.43. The Morgan fingerprint density at radius 1 is 1.14 bits per heavy atom. The fourth-order valence-corrected chi connectivity index (χ4v) is 1.55. The highest BCUT2D eigenvalue weighted by Crippen LogP contribution is 2.35. The standard InChI is InChI=1S/C8H8O6/c9-4-1-2-5(10)8(4,7(13)14)3-6(11)12/h1-3H2,(H,11,12)(H,13,14). The molecule has 1 fully saturated rings. The van der Waals surface area contributed by atoms with Gasteiger partial charge in [0.1, 0.15) is 0 Å². The van der Waals surface area contributed by atoms with Crippen molar-refractivity contribution in [2.24, 2.45) is 5.41 Å². The average Bonchev–Trinajstić information content (AvgIpc) is 2.32. The van der Waals surface area contributed by atoms with Crippen LogP contribution in [0.4, 0.5) is 0 Å². The minimum atomic E-state index is -2.33. The highest BCUT2D eigenvalue weighted by molar-refractivity contribution is 6.27. The van der Waals surface area contributed by atoms with Crippen LogP contribution < -0.4 is 0 Å². The van der Waals surface area contributed by atoms with Crippen molar-refractivity contribution < 1.29 is 29.4 Å². The van der Waals surface area contributed by atoms with Gasteiger partial charge in [-0.2, -0.15) is 0 Å². The Kier molecular flexibility index (Phi) is 2.37. The Morgan fingerprint density at radius 3 is 1.86 bits per heavy atom. The van der Waals surface area contributed by atoms with E-state index < -0.39 is 35.3 Å². The van der Waals surface area contributed by atoms with Crippen molar-refractivity contribution >= 4 is 23.5 Å². The van der Waals surface area contributed by atoms with Gasteiger partial charge in [0.2, 0.25) is 0 Å². The fourth-order valence-electron chi connectivity index (χ4n) is 1.55. The van der Waals surface area contributed by atoms with Gasteiger partial charge in [-0.25, -0.2) is 0 Å². The van der Waals surface area contributed by atoms with E-state index in [2.05, 4.69) is 0 Å². The highest BCUT2D eigenvalue weighted by Gasteiger charge is 2.57. The van der Waals surface area contributed by atoms with Crippen molar-refractivity contribution in [3.63, 3.8) is 0 Å². The predicted molar refractivity (Wildman–Crippen MR) is 41.6 cm³/mol. The zero-order valence-corrected chi connectivity index (χ0v) is 7.15. The predicted octanol–water partition coefficient (Wildman–Crippen LogP) is -0.536. The van der Waals surface area contributed by atoms with E-state index in [-0.39, 0.29) is 12.8 Å². The first-order valence-corrected chi connectivity index (χ1v) is 3.93.